The van der Waals surface area contributed by atoms with E-state index in [0.717, 1.165) is 5.56 Å². The zero-order valence-corrected chi connectivity index (χ0v) is 14.6. The minimum atomic E-state index is -1.11. The van der Waals surface area contributed by atoms with Crippen molar-refractivity contribution in [2.45, 2.75) is 19.4 Å². The highest BCUT2D eigenvalue weighted by atomic mass is 16.5. The predicted molar refractivity (Wildman–Crippen MR) is 96.6 cm³/mol. The third kappa shape index (κ3) is 3.95. The lowest BCUT2D eigenvalue weighted by Crippen LogP contribution is -2.47. The van der Waals surface area contributed by atoms with Gasteiger partial charge in [0.05, 0.1) is 5.69 Å². The molecule has 0 saturated carbocycles. The highest BCUT2D eigenvalue weighted by Gasteiger charge is 2.29. The number of carbonyl (C=O) groups excluding carboxylic acids is 3. The molecule has 138 valence electrons. The third-order valence-electron chi connectivity index (χ3n) is 4.10. The minimum absolute atomic E-state index is 0.137. The van der Waals surface area contributed by atoms with Crippen LogP contribution in [0.4, 0.5) is 0 Å². The second kappa shape index (κ2) is 7.69. The molecule has 0 radical (unpaired) electrons. The van der Waals surface area contributed by atoms with Gasteiger partial charge in [-0.2, -0.15) is 0 Å². The number of carbonyl (C=O) groups is 3. The summed E-state index contributed by atoms with van der Waals surface area (Å²) < 4.78 is 5.26. The number of nitrogens with one attached hydrogen (secondary N) is 2. The van der Waals surface area contributed by atoms with E-state index < -0.39 is 23.6 Å². The van der Waals surface area contributed by atoms with Crippen molar-refractivity contribution in [2.75, 3.05) is 0 Å². The molecular formula is C19H18N4O4. The van der Waals surface area contributed by atoms with Crippen molar-refractivity contribution in [3.63, 3.8) is 0 Å². The zero-order valence-electron chi connectivity index (χ0n) is 14.6. The van der Waals surface area contributed by atoms with Crippen LogP contribution in [0, 0.1) is 6.92 Å². The molecule has 27 heavy (non-hydrogen) atoms. The van der Waals surface area contributed by atoms with Gasteiger partial charge in [0.2, 0.25) is 5.78 Å². The van der Waals surface area contributed by atoms with Crippen LogP contribution in [0.5, 0.6) is 0 Å². The van der Waals surface area contributed by atoms with Crippen LogP contribution < -0.4 is 11.1 Å². The Labute approximate surface area is 154 Å². The SMILES string of the molecule is Cc1noc(-c2cc[nH]c2)c1C(=O)NC(Cc1ccccc1)C(=O)C(N)=O. The lowest BCUT2D eigenvalue weighted by Gasteiger charge is -2.16. The molecule has 2 aromatic heterocycles. The number of hydrogen-bond acceptors (Lipinski definition) is 5. The average Bonchev–Trinajstić information content (AvgIpc) is 3.30. The Hall–Kier alpha value is -3.68. The quantitative estimate of drug-likeness (QED) is 0.544. The number of aromatic amines is 1. The Balaban J connectivity index is 1.88. The van der Waals surface area contributed by atoms with E-state index in [1.54, 1.807) is 49.6 Å². The Bertz CT molecular complexity index is 961. The summed E-state index contributed by atoms with van der Waals surface area (Å²) >= 11 is 0. The molecule has 8 nitrogen and oxygen atoms in total. The van der Waals surface area contributed by atoms with Crippen LogP contribution in [0.2, 0.25) is 0 Å². The summed E-state index contributed by atoms with van der Waals surface area (Å²) in [5, 5.41) is 6.43. The topological polar surface area (TPSA) is 131 Å². The number of rotatable bonds is 7. The number of ketones is 1. The monoisotopic (exact) mass is 366 g/mol. The third-order valence-corrected chi connectivity index (χ3v) is 4.10. The standard InChI is InChI=1S/C19H18N4O4/c1-11-15(17(27-23-11)13-7-8-21-10-13)19(26)22-14(16(24)18(20)25)9-12-5-3-2-4-6-12/h2-8,10,14,21H,9H2,1H3,(H2,20,25)(H,22,26). The number of amides is 2. The first-order chi connectivity index (χ1) is 13.0. The van der Waals surface area contributed by atoms with Gasteiger partial charge in [0.1, 0.15) is 11.6 Å². The molecular weight excluding hydrogens is 348 g/mol. The van der Waals surface area contributed by atoms with E-state index in [9.17, 15) is 14.4 Å². The highest BCUT2D eigenvalue weighted by molar-refractivity contribution is 6.38. The number of H-pyrrole nitrogens is 1. The first-order valence-electron chi connectivity index (χ1n) is 8.25. The van der Waals surface area contributed by atoms with Gasteiger partial charge in [0.25, 0.3) is 11.8 Å². The fourth-order valence-corrected chi connectivity index (χ4v) is 2.76. The van der Waals surface area contributed by atoms with E-state index in [1.165, 1.54) is 0 Å². The molecule has 0 saturated heterocycles. The van der Waals surface area contributed by atoms with Crippen LogP contribution in [0.3, 0.4) is 0 Å². The fourth-order valence-electron chi connectivity index (χ4n) is 2.76. The van der Waals surface area contributed by atoms with Crippen LogP contribution in [0.25, 0.3) is 11.3 Å². The van der Waals surface area contributed by atoms with E-state index in [4.69, 9.17) is 10.3 Å². The van der Waals surface area contributed by atoms with Crippen molar-refractivity contribution in [2.24, 2.45) is 5.73 Å². The molecule has 0 fully saturated rings. The number of aromatic nitrogens is 2. The number of benzene rings is 1. The molecule has 2 amide bonds. The van der Waals surface area contributed by atoms with Crippen molar-refractivity contribution in [1.29, 1.82) is 0 Å². The maximum Gasteiger partial charge on any atom is 0.287 e. The Morgan fingerprint density at radius 2 is 1.96 bits per heavy atom. The number of Topliss-reactive ketones (excluding diaryl/α,β-unsaturated/α-hetero) is 1. The molecule has 8 heteroatoms. The smallest absolute Gasteiger partial charge is 0.287 e. The molecule has 1 aromatic carbocycles. The molecule has 2 heterocycles. The van der Waals surface area contributed by atoms with Gasteiger partial charge >= 0.3 is 0 Å². The predicted octanol–water partition coefficient (Wildman–Crippen LogP) is 1.37. The van der Waals surface area contributed by atoms with Gasteiger partial charge in [-0.1, -0.05) is 35.5 Å². The van der Waals surface area contributed by atoms with Crippen molar-refractivity contribution in [3.8, 4) is 11.3 Å². The zero-order chi connectivity index (χ0) is 19.4. The molecule has 0 aliphatic heterocycles. The van der Waals surface area contributed by atoms with Crippen molar-refractivity contribution < 1.29 is 18.9 Å². The van der Waals surface area contributed by atoms with E-state index >= 15 is 0 Å². The van der Waals surface area contributed by atoms with Crippen molar-refractivity contribution in [3.05, 3.63) is 65.6 Å². The number of primary amides is 1. The van der Waals surface area contributed by atoms with Gasteiger partial charge in [-0.25, -0.2) is 0 Å². The molecule has 3 rings (SSSR count). The van der Waals surface area contributed by atoms with Gasteiger partial charge in [-0.3, -0.25) is 14.4 Å². The van der Waals surface area contributed by atoms with Crippen molar-refractivity contribution >= 4 is 17.6 Å². The number of nitrogens with two attached hydrogens (primary N) is 1. The first kappa shape index (κ1) is 18.1. The van der Waals surface area contributed by atoms with Crippen molar-refractivity contribution in [1.82, 2.24) is 15.5 Å². The maximum absolute atomic E-state index is 12.8. The van der Waals surface area contributed by atoms with Gasteiger partial charge in [0.15, 0.2) is 5.76 Å². The normalized spacial score (nSPS) is 11.7. The second-order valence-corrected chi connectivity index (χ2v) is 6.02. The Morgan fingerprint density at radius 3 is 2.59 bits per heavy atom. The molecule has 0 aliphatic carbocycles. The molecule has 0 spiro atoms. The van der Waals surface area contributed by atoms with Crippen LogP contribution >= 0.6 is 0 Å². The largest absolute Gasteiger partial charge is 0.367 e. The van der Waals surface area contributed by atoms with Crippen LogP contribution in [-0.4, -0.2) is 33.8 Å². The summed E-state index contributed by atoms with van der Waals surface area (Å²) in [7, 11) is 0. The van der Waals surface area contributed by atoms with Crippen LogP contribution in [-0.2, 0) is 16.0 Å². The van der Waals surface area contributed by atoms with E-state index in [1.807, 2.05) is 6.07 Å². The number of aryl methyl sites for hydroxylation is 1. The van der Waals surface area contributed by atoms with Gasteiger partial charge in [-0.05, 0) is 18.6 Å². The van der Waals surface area contributed by atoms with Crippen LogP contribution in [0.15, 0.2) is 53.3 Å². The molecule has 0 bridgehead atoms. The van der Waals surface area contributed by atoms with E-state index in [-0.39, 0.29) is 17.7 Å². The fraction of sp³-hybridized carbons (Fsp3) is 0.158. The molecule has 1 unspecified atom stereocenters. The minimum Gasteiger partial charge on any atom is -0.367 e. The summed E-state index contributed by atoms with van der Waals surface area (Å²) in [4.78, 5) is 39.3. The molecule has 1 atom stereocenters. The van der Waals surface area contributed by atoms with Crippen LogP contribution in [0.1, 0.15) is 21.6 Å². The average molecular weight is 366 g/mol. The molecule has 3 aromatic rings. The maximum atomic E-state index is 12.8. The number of nitrogens with zero attached hydrogens (tertiary/aromatic N) is 1. The first-order valence-corrected chi connectivity index (χ1v) is 8.25. The summed E-state index contributed by atoms with van der Waals surface area (Å²) in [5.41, 5.74) is 7.14. The highest BCUT2D eigenvalue weighted by Crippen LogP contribution is 2.25. The van der Waals surface area contributed by atoms with E-state index in [2.05, 4.69) is 15.5 Å². The Kier molecular flexibility index (Phi) is 5.16. The number of hydrogen-bond donors (Lipinski definition) is 3. The molecule has 0 aliphatic rings. The van der Waals surface area contributed by atoms with E-state index in [0.29, 0.717) is 11.3 Å². The lowest BCUT2D eigenvalue weighted by atomic mass is 10.0. The summed E-state index contributed by atoms with van der Waals surface area (Å²) in [6, 6.07) is 9.66. The second-order valence-electron chi connectivity index (χ2n) is 6.02. The van der Waals surface area contributed by atoms with Gasteiger partial charge in [0, 0.05) is 24.4 Å². The lowest BCUT2D eigenvalue weighted by molar-refractivity contribution is -0.137. The molecule has 4 N–H and O–H groups in total. The summed E-state index contributed by atoms with van der Waals surface area (Å²) in [6.07, 6.45) is 3.48. The van der Waals surface area contributed by atoms with Gasteiger partial charge < -0.3 is 20.6 Å². The Morgan fingerprint density at radius 1 is 1.22 bits per heavy atom. The summed E-state index contributed by atoms with van der Waals surface area (Å²) in [6.45, 7) is 1.62. The van der Waals surface area contributed by atoms with Gasteiger partial charge in [-0.15, -0.1) is 0 Å². The summed E-state index contributed by atoms with van der Waals surface area (Å²) in [5.74, 6) is -2.27.